The normalized spacial score (nSPS) is 23.4. The molecule has 2 aromatic rings. The standard InChI is InChI=1S/C30H39ClN2O3S/c1-30(2,24-6-3-7-26(34)20-24)14-18-37(35,36)33-16-12-21(13-17-33)28-27-11-10-25(31)19-23(27)9-8-22-5-4-15-32-29(22)28/h4-5,10-11,15,19,24,26,34H,3,6-9,12-14,16-18,20H2,1-2H3. The highest BCUT2D eigenvalue weighted by Gasteiger charge is 2.36. The molecule has 2 atom stereocenters. The fourth-order valence-electron chi connectivity index (χ4n) is 6.52. The van der Waals surface area contributed by atoms with Gasteiger partial charge in [0, 0.05) is 29.9 Å². The molecule has 2 fully saturated rings. The van der Waals surface area contributed by atoms with Gasteiger partial charge in [-0.2, -0.15) is 0 Å². The molecule has 3 aliphatic rings. The van der Waals surface area contributed by atoms with Gasteiger partial charge in [-0.05, 0) is 97.6 Å². The largest absolute Gasteiger partial charge is 0.393 e. The highest BCUT2D eigenvalue weighted by Crippen LogP contribution is 2.42. The predicted octanol–water partition coefficient (Wildman–Crippen LogP) is 6.03. The number of aryl methyl sites for hydroxylation is 2. The van der Waals surface area contributed by atoms with Gasteiger partial charge in [-0.3, -0.25) is 4.98 Å². The predicted molar refractivity (Wildman–Crippen MR) is 150 cm³/mol. The van der Waals surface area contributed by atoms with Crippen LogP contribution in [0, 0.1) is 11.3 Å². The monoisotopic (exact) mass is 542 g/mol. The lowest BCUT2D eigenvalue weighted by atomic mass is 9.69. The van der Waals surface area contributed by atoms with Gasteiger partial charge in [0.05, 0.1) is 17.6 Å². The van der Waals surface area contributed by atoms with E-state index in [0.717, 1.165) is 49.2 Å². The number of rotatable bonds is 5. The molecule has 37 heavy (non-hydrogen) atoms. The molecule has 1 aliphatic heterocycles. The van der Waals surface area contributed by atoms with E-state index in [9.17, 15) is 13.5 Å². The number of hydrogen-bond acceptors (Lipinski definition) is 4. The average molecular weight is 543 g/mol. The number of piperidine rings is 1. The first-order chi connectivity index (χ1) is 17.6. The van der Waals surface area contributed by atoms with Crippen LogP contribution in [0.15, 0.2) is 42.1 Å². The summed E-state index contributed by atoms with van der Waals surface area (Å²) < 4.78 is 28.5. The number of nitrogens with zero attached hydrogens (tertiary/aromatic N) is 2. The summed E-state index contributed by atoms with van der Waals surface area (Å²) in [6.07, 6.45) is 9.26. The van der Waals surface area contributed by atoms with Crippen LogP contribution < -0.4 is 0 Å². The van der Waals surface area contributed by atoms with Crippen LogP contribution in [0.5, 0.6) is 0 Å². The summed E-state index contributed by atoms with van der Waals surface area (Å²) in [6, 6.07) is 10.3. The van der Waals surface area contributed by atoms with Gasteiger partial charge in [0.15, 0.2) is 0 Å². The lowest BCUT2D eigenvalue weighted by molar-refractivity contribution is 0.0499. The fourth-order valence-corrected chi connectivity index (χ4v) is 8.49. The van der Waals surface area contributed by atoms with Gasteiger partial charge >= 0.3 is 0 Å². The second-order valence-electron chi connectivity index (χ2n) is 11.8. The molecule has 5 nitrogen and oxygen atoms in total. The number of sulfonamides is 1. The van der Waals surface area contributed by atoms with Crippen LogP contribution in [-0.2, 0) is 22.9 Å². The fraction of sp³-hybridized carbons (Fsp3) is 0.567. The van der Waals surface area contributed by atoms with Crippen LogP contribution in [0.1, 0.15) is 81.2 Å². The zero-order chi connectivity index (χ0) is 26.2. The molecule has 7 heteroatoms. The highest BCUT2D eigenvalue weighted by molar-refractivity contribution is 7.89. The van der Waals surface area contributed by atoms with Gasteiger partial charge in [-0.25, -0.2) is 12.7 Å². The van der Waals surface area contributed by atoms with Crippen molar-refractivity contribution in [1.82, 2.24) is 9.29 Å². The maximum atomic E-state index is 13.4. The molecule has 1 aromatic heterocycles. The van der Waals surface area contributed by atoms with Crippen molar-refractivity contribution in [2.24, 2.45) is 11.3 Å². The molecule has 1 aromatic carbocycles. The van der Waals surface area contributed by atoms with Crippen LogP contribution in [0.2, 0.25) is 5.02 Å². The van der Waals surface area contributed by atoms with Crippen molar-refractivity contribution in [3.8, 4) is 0 Å². The molecule has 0 bridgehead atoms. The summed E-state index contributed by atoms with van der Waals surface area (Å²) in [7, 11) is -3.34. The first kappa shape index (κ1) is 26.9. The minimum Gasteiger partial charge on any atom is -0.393 e. The Kier molecular flexibility index (Phi) is 7.84. The smallest absolute Gasteiger partial charge is 0.214 e. The molecule has 2 aliphatic carbocycles. The van der Waals surface area contributed by atoms with E-state index in [1.54, 1.807) is 4.31 Å². The third-order valence-corrected chi connectivity index (χ3v) is 11.1. The molecule has 2 heterocycles. The quantitative estimate of drug-likeness (QED) is 0.501. The number of benzene rings is 1. The summed E-state index contributed by atoms with van der Waals surface area (Å²) in [5, 5.41) is 10.9. The number of halogens is 1. The van der Waals surface area contributed by atoms with Crippen molar-refractivity contribution in [3.63, 3.8) is 0 Å². The minimum atomic E-state index is -3.34. The SMILES string of the molecule is CC(C)(CCS(=O)(=O)N1CCC(=C2c3ccc(Cl)cc3CCc3cccnc32)CC1)C1CCCC(O)C1. The van der Waals surface area contributed by atoms with Crippen LogP contribution >= 0.6 is 11.6 Å². The third kappa shape index (κ3) is 5.83. The maximum Gasteiger partial charge on any atom is 0.214 e. The van der Waals surface area contributed by atoms with Gasteiger partial charge in [-0.1, -0.05) is 49.6 Å². The van der Waals surface area contributed by atoms with E-state index in [0.29, 0.717) is 38.3 Å². The summed E-state index contributed by atoms with van der Waals surface area (Å²) in [5.74, 6) is 0.546. The van der Waals surface area contributed by atoms with E-state index in [1.165, 1.54) is 27.8 Å². The van der Waals surface area contributed by atoms with Crippen LogP contribution in [0.4, 0.5) is 0 Å². The topological polar surface area (TPSA) is 70.5 Å². The number of hydrogen-bond donors (Lipinski definition) is 1. The van der Waals surface area contributed by atoms with E-state index in [1.807, 2.05) is 18.3 Å². The van der Waals surface area contributed by atoms with E-state index in [-0.39, 0.29) is 17.3 Å². The van der Waals surface area contributed by atoms with Gasteiger partial charge in [0.1, 0.15) is 0 Å². The summed E-state index contributed by atoms with van der Waals surface area (Å²) >= 11 is 6.34. The molecule has 5 rings (SSSR count). The Hall–Kier alpha value is -1.73. The second kappa shape index (κ2) is 10.8. The van der Waals surface area contributed by atoms with E-state index in [4.69, 9.17) is 16.6 Å². The number of fused-ring (bicyclic) bond motifs is 2. The Morgan fingerprint density at radius 1 is 1.08 bits per heavy atom. The van der Waals surface area contributed by atoms with Gasteiger partial charge in [0.25, 0.3) is 0 Å². The molecule has 0 radical (unpaired) electrons. The van der Waals surface area contributed by atoms with Crippen molar-refractivity contribution in [3.05, 3.63) is 69.5 Å². The molecular weight excluding hydrogens is 504 g/mol. The molecule has 200 valence electrons. The number of pyridine rings is 1. The van der Waals surface area contributed by atoms with Crippen molar-refractivity contribution >= 4 is 27.2 Å². The Bertz CT molecular complexity index is 1280. The van der Waals surface area contributed by atoms with E-state index < -0.39 is 10.0 Å². The van der Waals surface area contributed by atoms with Crippen LogP contribution in [0.25, 0.3) is 5.57 Å². The number of aliphatic hydroxyl groups is 1. The molecule has 1 N–H and O–H groups in total. The lowest BCUT2D eigenvalue weighted by Gasteiger charge is -2.39. The Labute approximate surface area is 227 Å². The van der Waals surface area contributed by atoms with Gasteiger partial charge in [-0.15, -0.1) is 0 Å². The van der Waals surface area contributed by atoms with Gasteiger partial charge in [0.2, 0.25) is 10.0 Å². The molecule has 0 amide bonds. The Morgan fingerprint density at radius 2 is 1.84 bits per heavy atom. The van der Waals surface area contributed by atoms with E-state index >= 15 is 0 Å². The molecule has 2 unspecified atom stereocenters. The molecule has 1 saturated heterocycles. The number of aromatic nitrogens is 1. The second-order valence-corrected chi connectivity index (χ2v) is 14.3. The lowest BCUT2D eigenvalue weighted by Crippen LogP contribution is -2.40. The van der Waals surface area contributed by atoms with E-state index in [2.05, 4.69) is 32.0 Å². The molecular formula is C30H39ClN2O3S. The van der Waals surface area contributed by atoms with Crippen molar-refractivity contribution < 1.29 is 13.5 Å². The summed E-state index contributed by atoms with van der Waals surface area (Å²) in [4.78, 5) is 4.79. The van der Waals surface area contributed by atoms with Crippen LogP contribution in [0.3, 0.4) is 0 Å². The van der Waals surface area contributed by atoms with Crippen molar-refractivity contribution in [1.29, 1.82) is 0 Å². The highest BCUT2D eigenvalue weighted by atomic mass is 35.5. The average Bonchev–Trinajstić information content (AvgIpc) is 3.04. The van der Waals surface area contributed by atoms with Gasteiger partial charge < -0.3 is 5.11 Å². The summed E-state index contributed by atoms with van der Waals surface area (Å²) in [6.45, 7) is 5.36. The third-order valence-electron chi connectivity index (χ3n) is 8.96. The minimum absolute atomic E-state index is 0.0991. The Morgan fingerprint density at radius 3 is 2.59 bits per heavy atom. The van der Waals surface area contributed by atoms with Crippen molar-refractivity contribution in [2.45, 2.75) is 77.7 Å². The first-order valence-corrected chi connectivity index (χ1v) is 15.7. The number of aliphatic hydroxyl groups excluding tert-OH is 1. The zero-order valence-corrected chi connectivity index (χ0v) is 23.6. The Balaban J connectivity index is 1.33. The maximum absolute atomic E-state index is 13.4. The zero-order valence-electron chi connectivity index (χ0n) is 22.0. The molecule has 0 spiro atoms. The molecule has 1 saturated carbocycles. The summed E-state index contributed by atoms with van der Waals surface area (Å²) in [5.41, 5.74) is 7.05. The van der Waals surface area contributed by atoms with Crippen LogP contribution in [-0.4, -0.2) is 47.8 Å². The first-order valence-electron chi connectivity index (χ1n) is 13.7. The van der Waals surface area contributed by atoms with Crippen molar-refractivity contribution in [2.75, 3.05) is 18.8 Å².